The number of fused-ring (bicyclic) bond motifs is 1. The molecule has 1 fully saturated rings. The van der Waals surface area contributed by atoms with E-state index in [-0.39, 0.29) is 11.2 Å². The molecule has 0 amide bonds. The summed E-state index contributed by atoms with van der Waals surface area (Å²) in [5, 5.41) is 3.21. The first-order valence-corrected chi connectivity index (χ1v) is 7.70. The van der Waals surface area contributed by atoms with Gasteiger partial charge in [0.1, 0.15) is 0 Å². The number of rotatable bonds is 2. The van der Waals surface area contributed by atoms with Crippen LogP contribution in [0.3, 0.4) is 0 Å². The van der Waals surface area contributed by atoms with Gasteiger partial charge in [0.25, 0.3) is 10.0 Å². The van der Waals surface area contributed by atoms with Gasteiger partial charge in [-0.25, -0.2) is 13.4 Å². The number of sulfonamides is 1. The van der Waals surface area contributed by atoms with Crippen molar-refractivity contribution < 1.29 is 8.42 Å². The number of para-hydroxylation sites is 2. The molecule has 1 aliphatic rings. The average Bonchev–Trinajstić information content (AvgIpc) is 2.83. The van der Waals surface area contributed by atoms with Crippen molar-refractivity contribution in [1.29, 1.82) is 0 Å². The number of H-pyrrole nitrogens is 1. The van der Waals surface area contributed by atoms with E-state index in [1.807, 2.05) is 25.1 Å². The molecular weight excluding hydrogens is 264 g/mol. The van der Waals surface area contributed by atoms with Crippen molar-refractivity contribution in [3.63, 3.8) is 0 Å². The standard InChI is InChI=1S/C12H16N4O2S/c1-9-8-13-6-7-16(9)19(17,18)12-14-10-4-2-3-5-11(10)15-12/h2-5,9,13H,6-8H2,1H3,(H,14,15)/t9-/m1/s1. The predicted octanol–water partition coefficient (Wildman–Crippen LogP) is 0.545. The second-order valence-electron chi connectivity index (χ2n) is 4.73. The summed E-state index contributed by atoms with van der Waals surface area (Å²) in [7, 11) is -3.55. The van der Waals surface area contributed by atoms with Gasteiger partial charge >= 0.3 is 0 Å². The number of imidazole rings is 1. The largest absolute Gasteiger partial charge is 0.328 e. The zero-order chi connectivity index (χ0) is 13.5. The third-order valence-corrected chi connectivity index (χ3v) is 5.20. The summed E-state index contributed by atoms with van der Waals surface area (Å²) in [4.78, 5) is 7.08. The highest BCUT2D eigenvalue weighted by molar-refractivity contribution is 7.89. The zero-order valence-corrected chi connectivity index (χ0v) is 11.4. The van der Waals surface area contributed by atoms with E-state index in [1.165, 1.54) is 4.31 Å². The van der Waals surface area contributed by atoms with Crippen molar-refractivity contribution in [2.45, 2.75) is 18.1 Å². The Morgan fingerprint density at radius 3 is 2.89 bits per heavy atom. The minimum atomic E-state index is -3.55. The van der Waals surface area contributed by atoms with E-state index < -0.39 is 10.0 Å². The molecule has 0 bridgehead atoms. The summed E-state index contributed by atoms with van der Waals surface area (Å²) in [6.45, 7) is 3.70. The van der Waals surface area contributed by atoms with E-state index in [9.17, 15) is 8.42 Å². The van der Waals surface area contributed by atoms with Crippen molar-refractivity contribution in [3.8, 4) is 0 Å². The molecule has 0 unspecified atom stereocenters. The van der Waals surface area contributed by atoms with Crippen LogP contribution in [0.4, 0.5) is 0 Å². The van der Waals surface area contributed by atoms with Crippen molar-refractivity contribution in [2.75, 3.05) is 19.6 Å². The van der Waals surface area contributed by atoms with Gasteiger partial charge in [-0.2, -0.15) is 4.31 Å². The number of aromatic nitrogens is 2. The quantitative estimate of drug-likeness (QED) is 0.842. The van der Waals surface area contributed by atoms with Crippen LogP contribution in [0.2, 0.25) is 0 Å². The molecule has 0 radical (unpaired) electrons. The molecule has 7 heteroatoms. The SMILES string of the molecule is C[C@@H]1CNCCN1S(=O)(=O)c1nc2ccccc2[nH]1. The Morgan fingerprint density at radius 2 is 2.16 bits per heavy atom. The summed E-state index contributed by atoms with van der Waals surface area (Å²) >= 11 is 0. The van der Waals surface area contributed by atoms with Gasteiger partial charge in [-0.1, -0.05) is 12.1 Å². The second kappa shape index (κ2) is 4.59. The Kier molecular flexibility index (Phi) is 3.04. The van der Waals surface area contributed by atoms with Gasteiger partial charge in [0.05, 0.1) is 11.0 Å². The lowest BCUT2D eigenvalue weighted by molar-refractivity contribution is 0.282. The van der Waals surface area contributed by atoms with Gasteiger partial charge in [0, 0.05) is 25.7 Å². The summed E-state index contributed by atoms with van der Waals surface area (Å²) in [6, 6.07) is 7.25. The van der Waals surface area contributed by atoms with Gasteiger partial charge < -0.3 is 10.3 Å². The molecule has 6 nitrogen and oxygen atoms in total. The van der Waals surface area contributed by atoms with E-state index in [4.69, 9.17) is 0 Å². The fourth-order valence-electron chi connectivity index (χ4n) is 2.34. The highest BCUT2D eigenvalue weighted by Gasteiger charge is 2.33. The smallest absolute Gasteiger partial charge is 0.277 e. The van der Waals surface area contributed by atoms with Gasteiger partial charge in [-0.05, 0) is 19.1 Å². The maximum absolute atomic E-state index is 12.6. The summed E-state index contributed by atoms with van der Waals surface area (Å²) in [6.07, 6.45) is 0. The normalized spacial score (nSPS) is 21.8. The van der Waals surface area contributed by atoms with Crippen molar-refractivity contribution in [1.82, 2.24) is 19.6 Å². The molecule has 0 spiro atoms. The van der Waals surface area contributed by atoms with E-state index in [0.29, 0.717) is 25.2 Å². The molecule has 1 aromatic carbocycles. The number of nitrogens with zero attached hydrogens (tertiary/aromatic N) is 2. The monoisotopic (exact) mass is 280 g/mol. The minimum absolute atomic E-state index is 0.0300. The van der Waals surface area contributed by atoms with E-state index >= 15 is 0 Å². The summed E-state index contributed by atoms with van der Waals surface area (Å²) < 4.78 is 26.6. The van der Waals surface area contributed by atoms with Crippen LogP contribution >= 0.6 is 0 Å². The Hall–Kier alpha value is -1.44. The molecule has 1 aromatic heterocycles. The van der Waals surface area contributed by atoms with Crippen LogP contribution in [0.5, 0.6) is 0 Å². The van der Waals surface area contributed by atoms with Crippen molar-refractivity contribution in [2.24, 2.45) is 0 Å². The number of piperazine rings is 1. The first-order chi connectivity index (χ1) is 9.09. The molecule has 2 N–H and O–H groups in total. The van der Waals surface area contributed by atoms with E-state index in [0.717, 1.165) is 5.52 Å². The molecule has 1 saturated heterocycles. The number of hydrogen-bond donors (Lipinski definition) is 2. The van der Waals surface area contributed by atoms with Gasteiger partial charge in [-0.15, -0.1) is 0 Å². The molecule has 19 heavy (non-hydrogen) atoms. The average molecular weight is 280 g/mol. The fourth-order valence-corrected chi connectivity index (χ4v) is 3.90. The highest BCUT2D eigenvalue weighted by atomic mass is 32.2. The van der Waals surface area contributed by atoms with Crippen molar-refractivity contribution in [3.05, 3.63) is 24.3 Å². The topological polar surface area (TPSA) is 78.1 Å². The van der Waals surface area contributed by atoms with Crippen LogP contribution in [0, 0.1) is 0 Å². The van der Waals surface area contributed by atoms with E-state index in [2.05, 4.69) is 15.3 Å². The summed E-state index contributed by atoms with van der Waals surface area (Å²) in [5.74, 6) is 0. The zero-order valence-electron chi connectivity index (χ0n) is 10.6. The Labute approximate surface area is 111 Å². The summed E-state index contributed by atoms with van der Waals surface area (Å²) in [5.41, 5.74) is 1.41. The lowest BCUT2D eigenvalue weighted by Gasteiger charge is -2.31. The van der Waals surface area contributed by atoms with Crippen LogP contribution in [0.25, 0.3) is 11.0 Å². The molecule has 0 aliphatic carbocycles. The highest BCUT2D eigenvalue weighted by Crippen LogP contribution is 2.19. The number of benzene rings is 1. The van der Waals surface area contributed by atoms with Crippen LogP contribution in [-0.4, -0.2) is 48.4 Å². The van der Waals surface area contributed by atoms with Crippen LogP contribution in [-0.2, 0) is 10.0 Å². The van der Waals surface area contributed by atoms with Crippen LogP contribution in [0.1, 0.15) is 6.92 Å². The van der Waals surface area contributed by atoms with E-state index in [1.54, 1.807) is 6.07 Å². The van der Waals surface area contributed by atoms with Gasteiger partial charge in [0.15, 0.2) is 0 Å². The maximum atomic E-state index is 12.6. The third-order valence-electron chi connectivity index (χ3n) is 3.36. The predicted molar refractivity (Wildman–Crippen MR) is 72.3 cm³/mol. The molecular formula is C12H16N4O2S. The number of hydrogen-bond acceptors (Lipinski definition) is 4. The second-order valence-corrected chi connectivity index (χ2v) is 6.53. The number of aromatic amines is 1. The van der Waals surface area contributed by atoms with Crippen molar-refractivity contribution >= 4 is 21.1 Å². The molecule has 2 aromatic rings. The fraction of sp³-hybridized carbons (Fsp3) is 0.417. The Balaban J connectivity index is 2.03. The Bertz CT molecular complexity index is 662. The first-order valence-electron chi connectivity index (χ1n) is 6.26. The molecule has 102 valence electrons. The molecule has 2 heterocycles. The molecule has 3 rings (SSSR count). The van der Waals surface area contributed by atoms with Crippen LogP contribution < -0.4 is 5.32 Å². The maximum Gasteiger partial charge on any atom is 0.277 e. The lowest BCUT2D eigenvalue weighted by atomic mass is 10.3. The van der Waals surface area contributed by atoms with Crippen LogP contribution in [0.15, 0.2) is 29.4 Å². The lowest BCUT2D eigenvalue weighted by Crippen LogP contribution is -2.52. The number of nitrogens with one attached hydrogen (secondary N) is 2. The third kappa shape index (κ3) is 2.13. The Morgan fingerprint density at radius 1 is 1.37 bits per heavy atom. The molecule has 0 saturated carbocycles. The molecule has 1 atom stereocenters. The minimum Gasteiger partial charge on any atom is -0.328 e. The first kappa shape index (κ1) is 12.6. The van der Waals surface area contributed by atoms with Gasteiger partial charge in [-0.3, -0.25) is 0 Å². The van der Waals surface area contributed by atoms with Gasteiger partial charge in [0.2, 0.25) is 5.16 Å². The molecule has 1 aliphatic heterocycles.